The fourth-order valence-electron chi connectivity index (χ4n) is 3.10. The van der Waals surface area contributed by atoms with Crippen molar-refractivity contribution in [2.75, 3.05) is 6.54 Å². The van der Waals surface area contributed by atoms with Crippen molar-refractivity contribution in [3.8, 4) is 0 Å². The van der Waals surface area contributed by atoms with Gasteiger partial charge in [-0.15, -0.1) is 0 Å². The van der Waals surface area contributed by atoms with Crippen LogP contribution in [0.15, 0.2) is 41.3 Å². The number of pyridine rings is 1. The Morgan fingerprint density at radius 2 is 1.83 bits per heavy atom. The van der Waals surface area contributed by atoms with Crippen molar-refractivity contribution in [3.63, 3.8) is 0 Å². The number of amides is 1. The standard InChI is InChI=1S/C19H26N2O3/c1-3-10-19(24,11-4-2)14-20-18(23)13-21-12-9-17(22)15-7-5-6-8-16(15)21/h5-9,12,24H,3-4,10-11,13-14H2,1-2H3,(H,20,23). The molecule has 24 heavy (non-hydrogen) atoms. The lowest BCUT2D eigenvalue weighted by molar-refractivity contribution is -0.123. The molecule has 2 rings (SSSR count). The Labute approximate surface area is 142 Å². The monoisotopic (exact) mass is 330 g/mol. The van der Waals surface area contributed by atoms with E-state index in [4.69, 9.17) is 0 Å². The van der Waals surface area contributed by atoms with Crippen molar-refractivity contribution < 1.29 is 9.90 Å². The molecule has 5 heteroatoms. The minimum absolute atomic E-state index is 0.0532. The third kappa shape index (κ3) is 4.45. The first-order chi connectivity index (χ1) is 11.5. The molecule has 2 N–H and O–H groups in total. The number of hydrogen-bond acceptors (Lipinski definition) is 3. The van der Waals surface area contributed by atoms with Gasteiger partial charge in [0.25, 0.3) is 0 Å². The molecule has 0 atom stereocenters. The van der Waals surface area contributed by atoms with E-state index in [2.05, 4.69) is 5.32 Å². The second kappa shape index (κ2) is 8.11. The number of nitrogens with one attached hydrogen (secondary N) is 1. The quantitative estimate of drug-likeness (QED) is 0.781. The van der Waals surface area contributed by atoms with E-state index < -0.39 is 5.60 Å². The fourth-order valence-corrected chi connectivity index (χ4v) is 3.10. The number of carbonyl (C=O) groups excluding carboxylic acids is 1. The first-order valence-electron chi connectivity index (χ1n) is 8.56. The Morgan fingerprint density at radius 3 is 2.50 bits per heavy atom. The van der Waals surface area contributed by atoms with Crippen molar-refractivity contribution in [2.45, 2.75) is 51.7 Å². The molecule has 0 spiro atoms. The Balaban J connectivity index is 2.08. The topological polar surface area (TPSA) is 71.3 Å². The normalized spacial score (nSPS) is 11.6. The van der Waals surface area contributed by atoms with Gasteiger partial charge in [-0.1, -0.05) is 38.8 Å². The highest BCUT2D eigenvalue weighted by atomic mass is 16.3. The van der Waals surface area contributed by atoms with Crippen LogP contribution in [0.2, 0.25) is 0 Å². The number of fused-ring (bicyclic) bond motifs is 1. The second-order valence-electron chi connectivity index (χ2n) is 6.33. The molecule has 1 heterocycles. The Kier molecular flexibility index (Phi) is 6.15. The molecule has 130 valence electrons. The highest BCUT2D eigenvalue weighted by molar-refractivity contribution is 5.82. The molecule has 0 bridgehead atoms. The summed E-state index contributed by atoms with van der Waals surface area (Å²) in [4.78, 5) is 24.1. The van der Waals surface area contributed by atoms with Crippen LogP contribution < -0.4 is 10.7 Å². The summed E-state index contributed by atoms with van der Waals surface area (Å²) in [6.07, 6.45) is 4.71. The van der Waals surface area contributed by atoms with E-state index in [0.717, 1.165) is 18.4 Å². The number of nitrogens with zero attached hydrogens (tertiary/aromatic N) is 1. The predicted molar refractivity (Wildman–Crippen MR) is 96.0 cm³/mol. The molecular weight excluding hydrogens is 304 g/mol. The summed E-state index contributed by atoms with van der Waals surface area (Å²) in [5.41, 5.74) is -0.162. The van der Waals surface area contributed by atoms with Crippen molar-refractivity contribution in [3.05, 3.63) is 46.8 Å². The zero-order valence-electron chi connectivity index (χ0n) is 14.4. The molecule has 0 fully saturated rings. The first-order valence-corrected chi connectivity index (χ1v) is 8.56. The number of carbonyl (C=O) groups is 1. The van der Waals surface area contributed by atoms with Gasteiger partial charge in [0.1, 0.15) is 6.54 Å². The average molecular weight is 330 g/mol. The molecular formula is C19H26N2O3. The SMILES string of the molecule is CCCC(O)(CCC)CNC(=O)Cn1ccc(=O)c2ccccc21. The van der Waals surface area contributed by atoms with Crippen LogP contribution in [0.1, 0.15) is 39.5 Å². The van der Waals surface area contributed by atoms with Gasteiger partial charge in [0.2, 0.25) is 5.91 Å². The van der Waals surface area contributed by atoms with Gasteiger partial charge in [0, 0.05) is 24.2 Å². The van der Waals surface area contributed by atoms with Crippen LogP contribution in [0.3, 0.4) is 0 Å². The van der Waals surface area contributed by atoms with Crippen molar-refractivity contribution in [1.29, 1.82) is 0 Å². The van der Waals surface area contributed by atoms with Crippen LogP contribution in [0, 0.1) is 0 Å². The zero-order chi connectivity index (χ0) is 17.6. The van der Waals surface area contributed by atoms with Crippen molar-refractivity contribution in [1.82, 2.24) is 9.88 Å². The van der Waals surface area contributed by atoms with E-state index in [9.17, 15) is 14.7 Å². The minimum atomic E-state index is -0.842. The maximum atomic E-state index is 12.3. The van der Waals surface area contributed by atoms with Gasteiger partial charge in [-0.25, -0.2) is 0 Å². The van der Waals surface area contributed by atoms with Gasteiger partial charge < -0.3 is 15.0 Å². The van der Waals surface area contributed by atoms with Gasteiger partial charge in [0.15, 0.2) is 5.43 Å². The third-order valence-corrected chi connectivity index (χ3v) is 4.24. The van der Waals surface area contributed by atoms with E-state index in [-0.39, 0.29) is 24.4 Å². The van der Waals surface area contributed by atoms with E-state index >= 15 is 0 Å². The predicted octanol–water partition coefficient (Wildman–Crippen LogP) is 2.45. The van der Waals surface area contributed by atoms with Crippen LogP contribution in [0.4, 0.5) is 0 Å². The lowest BCUT2D eigenvalue weighted by Crippen LogP contribution is -2.43. The molecule has 5 nitrogen and oxygen atoms in total. The summed E-state index contributed by atoms with van der Waals surface area (Å²) < 4.78 is 1.75. The van der Waals surface area contributed by atoms with Gasteiger partial charge in [-0.05, 0) is 25.0 Å². The van der Waals surface area contributed by atoms with Crippen LogP contribution >= 0.6 is 0 Å². The molecule has 0 aliphatic rings. The molecule has 1 aromatic heterocycles. The Hall–Kier alpha value is -2.14. The zero-order valence-corrected chi connectivity index (χ0v) is 14.4. The number of hydrogen-bond donors (Lipinski definition) is 2. The van der Waals surface area contributed by atoms with Crippen LogP contribution in [-0.2, 0) is 11.3 Å². The first kappa shape index (κ1) is 18.2. The molecule has 0 radical (unpaired) electrons. The number of para-hydroxylation sites is 1. The minimum Gasteiger partial charge on any atom is -0.388 e. The second-order valence-corrected chi connectivity index (χ2v) is 6.33. The van der Waals surface area contributed by atoms with Gasteiger partial charge >= 0.3 is 0 Å². The van der Waals surface area contributed by atoms with Gasteiger partial charge in [-0.2, -0.15) is 0 Å². The molecule has 1 amide bonds. The van der Waals surface area contributed by atoms with Crippen LogP contribution in [0.25, 0.3) is 10.9 Å². The summed E-state index contributed by atoms with van der Waals surface area (Å²) >= 11 is 0. The third-order valence-electron chi connectivity index (χ3n) is 4.24. The fraction of sp³-hybridized carbons (Fsp3) is 0.474. The summed E-state index contributed by atoms with van der Waals surface area (Å²) in [7, 11) is 0. The van der Waals surface area contributed by atoms with Crippen molar-refractivity contribution >= 4 is 16.8 Å². The van der Waals surface area contributed by atoms with Crippen LogP contribution in [0.5, 0.6) is 0 Å². The maximum absolute atomic E-state index is 12.3. The Morgan fingerprint density at radius 1 is 1.17 bits per heavy atom. The largest absolute Gasteiger partial charge is 0.388 e. The van der Waals surface area contributed by atoms with Crippen LogP contribution in [-0.4, -0.2) is 27.7 Å². The highest BCUT2D eigenvalue weighted by Crippen LogP contribution is 2.18. The summed E-state index contributed by atoms with van der Waals surface area (Å²) in [6.45, 7) is 4.42. The molecule has 1 aromatic carbocycles. The number of rotatable bonds is 8. The lowest BCUT2D eigenvalue weighted by Gasteiger charge is -2.27. The average Bonchev–Trinajstić information content (AvgIpc) is 2.56. The highest BCUT2D eigenvalue weighted by Gasteiger charge is 2.25. The van der Waals surface area contributed by atoms with Gasteiger partial charge in [-0.3, -0.25) is 9.59 Å². The maximum Gasteiger partial charge on any atom is 0.240 e. The molecule has 0 aliphatic heterocycles. The summed E-state index contributed by atoms with van der Waals surface area (Å²) in [5, 5.41) is 14.0. The number of benzene rings is 1. The Bertz CT molecular complexity index is 746. The van der Waals surface area contributed by atoms with E-state index in [1.165, 1.54) is 6.07 Å². The number of aromatic nitrogens is 1. The van der Waals surface area contributed by atoms with E-state index in [1.54, 1.807) is 16.8 Å². The van der Waals surface area contributed by atoms with Gasteiger partial charge in [0.05, 0.1) is 11.1 Å². The molecule has 0 aliphatic carbocycles. The summed E-state index contributed by atoms with van der Waals surface area (Å²) in [6, 6.07) is 8.71. The smallest absolute Gasteiger partial charge is 0.240 e. The molecule has 0 unspecified atom stereocenters. The lowest BCUT2D eigenvalue weighted by atomic mass is 9.92. The van der Waals surface area contributed by atoms with E-state index in [0.29, 0.717) is 18.2 Å². The molecule has 2 aromatic rings. The summed E-state index contributed by atoms with van der Waals surface area (Å²) in [5.74, 6) is -0.172. The van der Waals surface area contributed by atoms with Crippen molar-refractivity contribution in [2.24, 2.45) is 0 Å². The number of aliphatic hydroxyl groups is 1. The molecule has 0 saturated heterocycles. The van der Waals surface area contributed by atoms with E-state index in [1.807, 2.05) is 32.0 Å². The molecule has 0 saturated carbocycles.